The average Bonchev–Trinajstić information content (AvgIpc) is 3.04. The minimum atomic E-state index is -0.443. The Hall–Kier alpha value is -2.17. The third-order valence-electron chi connectivity index (χ3n) is 4.29. The van der Waals surface area contributed by atoms with Gasteiger partial charge in [0.15, 0.2) is 5.84 Å². The fourth-order valence-corrected chi connectivity index (χ4v) is 3.05. The molecule has 0 N–H and O–H groups in total. The largest absolute Gasteiger partial charge is 0.444 e. The van der Waals surface area contributed by atoms with Gasteiger partial charge in [0.05, 0.1) is 6.54 Å². The van der Waals surface area contributed by atoms with Crippen molar-refractivity contribution in [3.8, 4) is 0 Å². The molecule has 2 aliphatic heterocycles. The Morgan fingerprint density at radius 2 is 1.83 bits per heavy atom. The van der Waals surface area contributed by atoms with Crippen LogP contribution in [-0.2, 0) is 4.74 Å². The molecule has 0 radical (unpaired) electrons. The summed E-state index contributed by atoms with van der Waals surface area (Å²) in [5.74, 6) is 1.24. The zero-order chi connectivity index (χ0) is 17.2. The molecule has 0 atom stereocenters. The van der Waals surface area contributed by atoms with Gasteiger partial charge in [-0.15, -0.1) is 0 Å². The minimum absolute atomic E-state index is 0.212. The molecule has 1 fully saturated rings. The molecular formula is C19H25N3O2. The summed E-state index contributed by atoms with van der Waals surface area (Å²) >= 11 is 0. The van der Waals surface area contributed by atoms with E-state index in [-0.39, 0.29) is 6.09 Å². The molecule has 5 heteroatoms. The first-order chi connectivity index (χ1) is 11.4. The lowest BCUT2D eigenvalue weighted by Crippen LogP contribution is -2.43. The van der Waals surface area contributed by atoms with Crippen molar-refractivity contribution in [1.29, 1.82) is 0 Å². The number of nitrogens with zero attached hydrogens (tertiary/aromatic N) is 3. The van der Waals surface area contributed by atoms with E-state index in [1.54, 1.807) is 4.90 Å². The van der Waals surface area contributed by atoms with Crippen molar-refractivity contribution in [1.82, 2.24) is 4.90 Å². The molecule has 0 aromatic heterocycles. The number of amides is 1. The first-order valence-electron chi connectivity index (χ1n) is 8.57. The van der Waals surface area contributed by atoms with Gasteiger partial charge < -0.3 is 9.64 Å². The molecule has 24 heavy (non-hydrogen) atoms. The number of carbonyl (C=O) groups excluding carboxylic acids is 1. The van der Waals surface area contributed by atoms with E-state index in [4.69, 9.17) is 9.73 Å². The second kappa shape index (κ2) is 6.75. The van der Waals surface area contributed by atoms with Gasteiger partial charge in [-0.25, -0.2) is 9.79 Å². The standard InChI is InChI=1S/C19H25N3O2/c1-19(2,3)24-18(23)22-11-9-14(10-12-22)16-13-20-17(21-16)15-7-5-4-6-8-15/h4-8,14H,9-13H2,1-3H3. The number of rotatable bonds is 2. The predicted molar refractivity (Wildman–Crippen MR) is 95.8 cm³/mol. The van der Waals surface area contributed by atoms with E-state index in [0.29, 0.717) is 12.5 Å². The van der Waals surface area contributed by atoms with Gasteiger partial charge in [0.25, 0.3) is 0 Å². The topological polar surface area (TPSA) is 54.3 Å². The Morgan fingerprint density at radius 3 is 2.46 bits per heavy atom. The molecule has 0 spiro atoms. The average molecular weight is 327 g/mol. The first kappa shape index (κ1) is 16.7. The van der Waals surface area contributed by atoms with Crippen molar-refractivity contribution < 1.29 is 9.53 Å². The SMILES string of the molecule is CC(C)(C)OC(=O)N1CCC(C2=NC(c3ccccc3)=NC2)CC1. The molecule has 0 bridgehead atoms. The van der Waals surface area contributed by atoms with Crippen molar-refractivity contribution in [3.63, 3.8) is 0 Å². The highest BCUT2D eigenvalue weighted by atomic mass is 16.6. The number of ether oxygens (including phenoxy) is 1. The lowest BCUT2D eigenvalue weighted by Gasteiger charge is -2.33. The maximum absolute atomic E-state index is 12.1. The molecule has 1 aromatic rings. The third-order valence-corrected chi connectivity index (χ3v) is 4.29. The molecule has 1 aromatic carbocycles. The summed E-state index contributed by atoms with van der Waals surface area (Å²) in [6.07, 6.45) is 1.64. The van der Waals surface area contributed by atoms with Crippen LogP contribution < -0.4 is 0 Å². The van der Waals surface area contributed by atoms with E-state index >= 15 is 0 Å². The van der Waals surface area contributed by atoms with E-state index in [2.05, 4.69) is 4.99 Å². The highest BCUT2D eigenvalue weighted by Crippen LogP contribution is 2.23. The third kappa shape index (κ3) is 4.02. The molecule has 1 amide bonds. The van der Waals surface area contributed by atoms with E-state index in [1.165, 1.54) is 0 Å². The van der Waals surface area contributed by atoms with Crippen LogP contribution in [-0.4, -0.2) is 47.8 Å². The van der Waals surface area contributed by atoms with Crippen molar-refractivity contribution in [2.24, 2.45) is 15.9 Å². The van der Waals surface area contributed by atoms with Crippen molar-refractivity contribution in [3.05, 3.63) is 35.9 Å². The summed E-state index contributed by atoms with van der Waals surface area (Å²) in [4.78, 5) is 23.2. The lowest BCUT2D eigenvalue weighted by atomic mass is 9.92. The summed E-state index contributed by atoms with van der Waals surface area (Å²) in [7, 11) is 0. The zero-order valence-electron chi connectivity index (χ0n) is 14.7. The molecule has 0 saturated carbocycles. The maximum atomic E-state index is 12.1. The van der Waals surface area contributed by atoms with Gasteiger partial charge in [-0.05, 0) is 33.6 Å². The monoisotopic (exact) mass is 327 g/mol. The van der Waals surface area contributed by atoms with Crippen LogP contribution in [0, 0.1) is 5.92 Å². The Labute approximate surface area is 143 Å². The zero-order valence-corrected chi connectivity index (χ0v) is 14.7. The maximum Gasteiger partial charge on any atom is 0.410 e. The number of hydrogen-bond acceptors (Lipinski definition) is 4. The summed E-state index contributed by atoms with van der Waals surface area (Å²) < 4.78 is 5.45. The quantitative estimate of drug-likeness (QED) is 0.834. The Kier molecular flexibility index (Phi) is 4.69. The van der Waals surface area contributed by atoms with Gasteiger partial charge in [-0.2, -0.15) is 0 Å². The van der Waals surface area contributed by atoms with Crippen LogP contribution in [0.5, 0.6) is 0 Å². The van der Waals surface area contributed by atoms with Gasteiger partial charge >= 0.3 is 6.09 Å². The second-order valence-electron chi connectivity index (χ2n) is 7.35. The van der Waals surface area contributed by atoms with E-state index in [9.17, 15) is 4.79 Å². The van der Waals surface area contributed by atoms with E-state index in [0.717, 1.165) is 43.0 Å². The van der Waals surface area contributed by atoms with Gasteiger partial charge in [0, 0.05) is 30.3 Å². The van der Waals surface area contributed by atoms with E-state index in [1.807, 2.05) is 51.1 Å². The number of aliphatic imine (C=N–C) groups is 2. The lowest BCUT2D eigenvalue weighted by molar-refractivity contribution is 0.0201. The molecule has 1 saturated heterocycles. The minimum Gasteiger partial charge on any atom is -0.444 e. The van der Waals surface area contributed by atoms with Crippen LogP contribution in [0.2, 0.25) is 0 Å². The highest BCUT2D eigenvalue weighted by Gasteiger charge is 2.30. The molecular weight excluding hydrogens is 302 g/mol. The number of hydrogen-bond donors (Lipinski definition) is 0. The highest BCUT2D eigenvalue weighted by molar-refractivity contribution is 6.12. The normalized spacial score (nSPS) is 19.0. The number of benzene rings is 1. The fourth-order valence-electron chi connectivity index (χ4n) is 3.05. The Bertz CT molecular complexity index is 651. The number of likely N-dealkylation sites (tertiary alicyclic amines) is 1. The molecule has 5 nitrogen and oxygen atoms in total. The summed E-state index contributed by atoms with van der Waals surface area (Å²) in [5, 5.41) is 0. The van der Waals surface area contributed by atoms with Gasteiger partial charge in [-0.3, -0.25) is 4.99 Å². The molecule has 128 valence electrons. The number of piperidine rings is 1. The molecule has 2 aliphatic rings. The van der Waals surface area contributed by atoms with Crippen LogP contribution in [0.3, 0.4) is 0 Å². The number of amidine groups is 1. The first-order valence-corrected chi connectivity index (χ1v) is 8.57. The Balaban J connectivity index is 1.56. The van der Waals surface area contributed by atoms with Gasteiger partial charge in [-0.1, -0.05) is 30.3 Å². The molecule has 3 rings (SSSR count). The second-order valence-corrected chi connectivity index (χ2v) is 7.35. The van der Waals surface area contributed by atoms with Crippen LogP contribution in [0.4, 0.5) is 4.79 Å². The van der Waals surface area contributed by atoms with Crippen molar-refractivity contribution >= 4 is 17.6 Å². The number of carbonyl (C=O) groups is 1. The summed E-state index contributed by atoms with van der Waals surface area (Å²) in [6.45, 7) is 7.81. The molecule has 2 heterocycles. The van der Waals surface area contributed by atoms with Crippen LogP contribution in [0.25, 0.3) is 0 Å². The summed E-state index contributed by atoms with van der Waals surface area (Å²) in [5.41, 5.74) is 1.78. The van der Waals surface area contributed by atoms with E-state index < -0.39 is 5.60 Å². The van der Waals surface area contributed by atoms with Crippen LogP contribution >= 0.6 is 0 Å². The van der Waals surface area contributed by atoms with Gasteiger partial charge in [0.2, 0.25) is 0 Å². The van der Waals surface area contributed by atoms with Crippen LogP contribution in [0.15, 0.2) is 40.3 Å². The predicted octanol–water partition coefficient (Wildman–Crippen LogP) is 3.53. The van der Waals surface area contributed by atoms with Crippen molar-refractivity contribution in [2.45, 2.75) is 39.2 Å². The molecule has 0 aliphatic carbocycles. The fraction of sp³-hybridized carbons (Fsp3) is 0.526. The molecule has 0 unspecified atom stereocenters. The Morgan fingerprint density at radius 1 is 1.17 bits per heavy atom. The van der Waals surface area contributed by atoms with Crippen molar-refractivity contribution in [2.75, 3.05) is 19.6 Å². The van der Waals surface area contributed by atoms with Gasteiger partial charge in [0.1, 0.15) is 5.60 Å². The van der Waals surface area contributed by atoms with Crippen LogP contribution in [0.1, 0.15) is 39.2 Å². The smallest absolute Gasteiger partial charge is 0.410 e. The summed E-state index contributed by atoms with van der Waals surface area (Å²) in [6, 6.07) is 10.1.